The zero-order chi connectivity index (χ0) is 22.1. The van der Waals surface area contributed by atoms with Gasteiger partial charge in [-0.3, -0.25) is 14.5 Å². The zero-order valence-electron chi connectivity index (χ0n) is 18.8. The van der Waals surface area contributed by atoms with Crippen LogP contribution in [0, 0.1) is 6.92 Å². The minimum absolute atomic E-state index is 0.0147. The fraction of sp³-hybridized carbons (Fsp3) is 0.440. The number of aryl methyl sites for hydroxylation is 1. The van der Waals surface area contributed by atoms with Crippen molar-refractivity contribution in [3.63, 3.8) is 0 Å². The summed E-state index contributed by atoms with van der Waals surface area (Å²) in [5, 5.41) is 1.22. The van der Waals surface area contributed by atoms with Crippen molar-refractivity contribution in [1.29, 1.82) is 0 Å². The number of hydrogen-bond acceptors (Lipinski definition) is 4. The molecule has 164 valence electrons. The number of ketones is 2. The van der Waals surface area contributed by atoms with E-state index in [0.29, 0.717) is 30.1 Å². The van der Waals surface area contributed by atoms with Gasteiger partial charge in [0.2, 0.25) is 0 Å². The Morgan fingerprint density at radius 2 is 1.97 bits per heavy atom. The number of fused-ring (bicyclic) bond motifs is 1. The van der Waals surface area contributed by atoms with Crippen molar-refractivity contribution in [2.75, 3.05) is 26.7 Å². The van der Waals surface area contributed by atoms with Crippen LogP contribution in [0.2, 0.25) is 0 Å². The number of Topliss-reactive ketones (excluding diaryl/α,β-unsaturated/α-hetero) is 2. The molecule has 2 aromatic heterocycles. The van der Waals surface area contributed by atoms with Crippen molar-refractivity contribution < 1.29 is 14.3 Å². The Labute approximate surface area is 183 Å². The first-order valence-corrected chi connectivity index (χ1v) is 11.1. The molecule has 1 aliphatic heterocycles. The molecule has 0 amide bonds. The summed E-state index contributed by atoms with van der Waals surface area (Å²) >= 11 is 0. The molecule has 3 aromatic rings. The van der Waals surface area contributed by atoms with Crippen molar-refractivity contribution in [3.05, 3.63) is 52.5 Å². The van der Waals surface area contributed by atoms with Crippen LogP contribution in [0.15, 0.2) is 24.4 Å². The molecule has 1 aromatic carbocycles. The van der Waals surface area contributed by atoms with Crippen molar-refractivity contribution >= 4 is 22.5 Å². The van der Waals surface area contributed by atoms with Crippen LogP contribution < -0.4 is 4.74 Å². The van der Waals surface area contributed by atoms with E-state index in [2.05, 4.69) is 33.2 Å². The average molecular weight is 422 g/mol. The summed E-state index contributed by atoms with van der Waals surface area (Å²) in [7, 11) is 1.69. The fourth-order valence-corrected chi connectivity index (χ4v) is 5.02. The van der Waals surface area contributed by atoms with Gasteiger partial charge in [0.15, 0.2) is 11.6 Å². The maximum absolute atomic E-state index is 13.0. The largest absolute Gasteiger partial charge is 0.497 e. The highest BCUT2D eigenvalue weighted by atomic mass is 16.5. The second kappa shape index (κ2) is 8.71. The van der Waals surface area contributed by atoms with Gasteiger partial charge >= 0.3 is 0 Å². The van der Waals surface area contributed by atoms with Crippen molar-refractivity contribution in [3.8, 4) is 5.75 Å². The molecule has 1 aliphatic rings. The molecular formula is C25H31N3O3. The smallest absolute Gasteiger partial charge is 0.193 e. The summed E-state index contributed by atoms with van der Waals surface area (Å²) < 4.78 is 5.40. The predicted molar refractivity (Wildman–Crippen MR) is 123 cm³/mol. The lowest BCUT2D eigenvalue weighted by Gasteiger charge is -2.31. The van der Waals surface area contributed by atoms with E-state index in [1.807, 2.05) is 19.9 Å². The topological polar surface area (TPSA) is 78.2 Å². The number of ether oxygens (including phenoxy) is 1. The number of methoxy groups -OCH3 is 1. The van der Waals surface area contributed by atoms with Gasteiger partial charge in [0.1, 0.15) is 5.75 Å². The third-order valence-corrected chi connectivity index (χ3v) is 6.59. The molecule has 4 rings (SSSR count). The third-order valence-electron chi connectivity index (χ3n) is 6.59. The molecule has 0 saturated carbocycles. The van der Waals surface area contributed by atoms with Gasteiger partial charge in [0, 0.05) is 28.4 Å². The first-order chi connectivity index (χ1) is 14.9. The van der Waals surface area contributed by atoms with E-state index in [9.17, 15) is 9.59 Å². The van der Waals surface area contributed by atoms with Crippen LogP contribution in [-0.4, -0.2) is 53.2 Å². The van der Waals surface area contributed by atoms with E-state index in [1.54, 1.807) is 14.0 Å². The Bertz CT molecular complexity index is 1120. The monoisotopic (exact) mass is 421 g/mol. The van der Waals surface area contributed by atoms with Gasteiger partial charge in [-0.1, -0.05) is 6.92 Å². The molecular weight excluding hydrogens is 390 g/mol. The number of rotatable bonds is 7. The SMILES string of the molecule is CCc1c(C(=O)CN2CCC(c3c[nH]c4ccc(OC)cc34)CC2)[nH]c(C)c1C(C)=O. The number of aromatic amines is 2. The lowest BCUT2D eigenvalue weighted by molar-refractivity contribution is 0.0904. The van der Waals surface area contributed by atoms with Gasteiger partial charge < -0.3 is 14.7 Å². The fourth-order valence-electron chi connectivity index (χ4n) is 5.02. The molecule has 31 heavy (non-hydrogen) atoms. The van der Waals surface area contributed by atoms with Crippen LogP contribution in [0.3, 0.4) is 0 Å². The van der Waals surface area contributed by atoms with Gasteiger partial charge in [0.05, 0.1) is 19.3 Å². The number of benzene rings is 1. The molecule has 1 fully saturated rings. The minimum atomic E-state index is 0.0147. The standard InChI is InChI=1S/C25H31N3O3/c1-5-19-24(16(3)29)15(2)27-25(19)23(30)14-28-10-8-17(9-11-28)21-13-26-22-7-6-18(31-4)12-20(21)22/h6-7,12-13,17,26-27H,5,8-11,14H2,1-4H3. The van der Waals surface area contributed by atoms with E-state index in [0.717, 1.165) is 48.5 Å². The van der Waals surface area contributed by atoms with Gasteiger partial charge in [-0.25, -0.2) is 0 Å². The van der Waals surface area contributed by atoms with Gasteiger partial charge in [-0.05, 0) is 81.4 Å². The molecule has 0 spiro atoms. The molecule has 0 unspecified atom stereocenters. The Hall–Kier alpha value is -2.86. The Balaban J connectivity index is 1.44. The molecule has 0 bridgehead atoms. The second-order valence-corrected chi connectivity index (χ2v) is 8.52. The zero-order valence-corrected chi connectivity index (χ0v) is 18.8. The normalized spacial score (nSPS) is 15.5. The molecule has 1 saturated heterocycles. The summed E-state index contributed by atoms with van der Waals surface area (Å²) in [6.45, 7) is 7.58. The maximum atomic E-state index is 13.0. The number of nitrogens with one attached hydrogen (secondary N) is 2. The van der Waals surface area contributed by atoms with Crippen LogP contribution in [-0.2, 0) is 6.42 Å². The van der Waals surface area contributed by atoms with Gasteiger partial charge in [-0.2, -0.15) is 0 Å². The van der Waals surface area contributed by atoms with Crippen LogP contribution in [0.4, 0.5) is 0 Å². The number of likely N-dealkylation sites (tertiary alicyclic amines) is 1. The quantitative estimate of drug-likeness (QED) is 0.545. The number of carbonyl (C=O) groups is 2. The lowest BCUT2D eigenvalue weighted by atomic mass is 9.89. The summed E-state index contributed by atoms with van der Waals surface area (Å²) in [6, 6.07) is 6.13. The molecule has 6 nitrogen and oxygen atoms in total. The highest BCUT2D eigenvalue weighted by Gasteiger charge is 2.27. The summed E-state index contributed by atoms with van der Waals surface area (Å²) in [5.41, 5.74) is 5.40. The summed E-state index contributed by atoms with van der Waals surface area (Å²) in [4.78, 5) is 33.8. The van der Waals surface area contributed by atoms with Crippen molar-refractivity contribution in [1.82, 2.24) is 14.9 Å². The minimum Gasteiger partial charge on any atom is -0.497 e. The molecule has 0 aliphatic carbocycles. The van der Waals surface area contributed by atoms with Gasteiger partial charge in [0.25, 0.3) is 0 Å². The van der Waals surface area contributed by atoms with E-state index in [4.69, 9.17) is 4.74 Å². The highest BCUT2D eigenvalue weighted by molar-refractivity contribution is 6.04. The van der Waals surface area contributed by atoms with Crippen molar-refractivity contribution in [2.45, 2.75) is 46.0 Å². The van der Waals surface area contributed by atoms with Crippen molar-refractivity contribution in [2.24, 2.45) is 0 Å². The average Bonchev–Trinajstić information content (AvgIpc) is 3.34. The molecule has 0 radical (unpaired) electrons. The molecule has 2 N–H and O–H groups in total. The molecule has 3 heterocycles. The number of hydrogen-bond donors (Lipinski definition) is 2. The third kappa shape index (κ3) is 4.04. The Morgan fingerprint density at radius 3 is 2.61 bits per heavy atom. The lowest BCUT2D eigenvalue weighted by Crippen LogP contribution is -2.37. The number of carbonyl (C=O) groups excluding carboxylic acids is 2. The van der Waals surface area contributed by atoms with E-state index in [-0.39, 0.29) is 11.6 Å². The number of aromatic nitrogens is 2. The Morgan fingerprint density at radius 1 is 1.23 bits per heavy atom. The number of piperidine rings is 1. The van der Waals surface area contributed by atoms with Crippen LogP contribution in [0.25, 0.3) is 10.9 Å². The molecule has 0 atom stereocenters. The maximum Gasteiger partial charge on any atom is 0.193 e. The summed E-state index contributed by atoms with van der Waals surface area (Å²) in [5.74, 6) is 1.42. The van der Waals surface area contributed by atoms with Crippen LogP contribution in [0.5, 0.6) is 5.75 Å². The number of nitrogens with zero attached hydrogens (tertiary/aromatic N) is 1. The predicted octanol–water partition coefficient (Wildman–Crippen LogP) is 4.64. The molecule has 6 heteroatoms. The second-order valence-electron chi connectivity index (χ2n) is 8.52. The van der Waals surface area contributed by atoms with Gasteiger partial charge in [-0.15, -0.1) is 0 Å². The van der Waals surface area contributed by atoms with E-state index >= 15 is 0 Å². The van der Waals surface area contributed by atoms with E-state index < -0.39 is 0 Å². The van der Waals surface area contributed by atoms with E-state index in [1.165, 1.54) is 10.9 Å². The summed E-state index contributed by atoms with van der Waals surface area (Å²) in [6.07, 6.45) is 4.82. The number of H-pyrrole nitrogens is 2. The Kier molecular flexibility index (Phi) is 6.01. The van der Waals surface area contributed by atoms with Crippen LogP contribution in [0.1, 0.15) is 70.3 Å². The first kappa shape index (κ1) is 21.4. The van der Waals surface area contributed by atoms with Crippen LogP contribution >= 0.6 is 0 Å². The highest BCUT2D eigenvalue weighted by Crippen LogP contribution is 2.34. The first-order valence-electron chi connectivity index (χ1n) is 11.1.